The standard InChI is InChI=1S/C25H27F2N5O/c1-24-8-9-25(2,31-24)14-17(13-24)32(3)23-7-6-19(29-30-23)18-5-4-15(10-20(18)33)16-11-21(26)28-22(27)12-16/h4-7,10-12,17,31,33H,8-9,13-14H2,1-3H3/t17-,24-,25+. The molecule has 6 nitrogen and oxygen atoms in total. The zero-order chi connectivity index (χ0) is 23.4. The Morgan fingerprint density at radius 2 is 1.61 bits per heavy atom. The number of fused-ring (bicyclic) bond motifs is 2. The Morgan fingerprint density at radius 3 is 2.18 bits per heavy atom. The van der Waals surface area contributed by atoms with Gasteiger partial charge in [0.1, 0.15) is 5.75 Å². The molecule has 0 saturated carbocycles. The summed E-state index contributed by atoms with van der Waals surface area (Å²) in [4.78, 5) is 5.30. The van der Waals surface area contributed by atoms with Crippen LogP contribution in [0.25, 0.3) is 22.4 Å². The molecule has 3 atom stereocenters. The second-order valence-electron chi connectivity index (χ2n) is 9.93. The van der Waals surface area contributed by atoms with E-state index < -0.39 is 11.9 Å². The zero-order valence-corrected chi connectivity index (χ0v) is 18.9. The van der Waals surface area contributed by atoms with Crippen LogP contribution in [0, 0.1) is 11.9 Å². The molecule has 2 N–H and O–H groups in total. The molecular formula is C25H27F2N5O. The first-order valence-electron chi connectivity index (χ1n) is 11.2. The minimum Gasteiger partial charge on any atom is -0.507 e. The van der Waals surface area contributed by atoms with Crippen LogP contribution in [0.5, 0.6) is 5.75 Å². The fourth-order valence-corrected chi connectivity index (χ4v) is 5.50. The molecule has 2 fully saturated rings. The normalized spacial score (nSPS) is 26.4. The van der Waals surface area contributed by atoms with E-state index in [2.05, 4.69) is 46.3 Å². The minimum absolute atomic E-state index is 0.0451. The van der Waals surface area contributed by atoms with E-state index >= 15 is 0 Å². The summed E-state index contributed by atoms with van der Waals surface area (Å²) in [6, 6.07) is 11.2. The number of anilines is 1. The van der Waals surface area contributed by atoms with Gasteiger partial charge in [-0.2, -0.15) is 13.8 Å². The molecule has 8 heteroatoms. The molecule has 2 saturated heterocycles. The minimum atomic E-state index is -0.913. The van der Waals surface area contributed by atoms with Crippen LogP contribution >= 0.6 is 0 Å². The highest BCUT2D eigenvalue weighted by Gasteiger charge is 2.49. The van der Waals surface area contributed by atoms with Gasteiger partial charge in [-0.05, 0) is 74.9 Å². The lowest BCUT2D eigenvalue weighted by Gasteiger charge is -2.45. The van der Waals surface area contributed by atoms with E-state index in [1.807, 2.05) is 12.1 Å². The van der Waals surface area contributed by atoms with Crippen molar-refractivity contribution in [1.29, 1.82) is 0 Å². The molecule has 0 radical (unpaired) electrons. The van der Waals surface area contributed by atoms with Gasteiger partial charge >= 0.3 is 0 Å². The second kappa shape index (κ2) is 7.73. The van der Waals surface area contributed by atoms with Crippen LogP contribution in [-0.2, 0) is 0 Å². The van der Waals surface area contributed by atoms with Gasteiger partial charge in [-0.15, -0.1) is 10.2 Å². The molecule has 172 valence electrons. The highest BCUT2D eigenvalue weighted by Crippen LogP contribution is 2.43. The highest BCUT2D eigenvalue weighted by atomic mass is 19.1. The second-order valence-corrected chi connectivity index (χ2v) is 9.93. The number of nitrogens with zero attached hydrogens (tertiary/aromatic N) is 4. The van der Waals surface area contributed by atoms with E-state index in [1.54, 1.807) is 12.1 Å². The van der Waals surface area contributed by atoms with Crippen molar-refractivity contribution in [2.75, 3.05) is 11.9 Å². The van der Waals surface area contributed by atoms with Gasteiger partial charge in [0.15, 0.2) is 5.82 Å². The Bertz CT molecular complexity index is 1170. The third-order valence-electron chi connectivity index (χ3n) is 7.13. The molecule has 1 aromatic carbocycles. The molecule has 0 aliphatic carbocycles. The maximum Gasteiger partial charge on any atom is 0.216 e. The number of aromatic hydroxyl groups is 1. The lowest BCUT2D eigenvalue weighted by Crippen LogP contribution is -2.58. The molecule has 4 heterocycles. The molecule has 0 spiro atoms. The van der Waals surface area contributed by atoms with Crippen molar-refractivity contribution in [3.8, 4) is 28.1 Å². The Kier molecular flexibility index (Phi) is 5.08. The summed E-state index contributed by atoms with van der Waals surface area (Å²) in [5, 5.41) is 23.1. The molecule has 2 aromatic heterocycles. The van der Waals surface area contributed by atoms with E-state index in [1.165, 1.54) is 18.9 Å². The highest BCUT2D eigenvalue weighted by molar-refractivity contribution is 5.74. The number of rotatable bonds is 4. The molecular weight excluding hydrogens is 424 g/mol. The monoisotopic (exact) mass is 451 g/mol. The largest absolute Gasteiger partial charge is 0.507 e. The van der Waals surface area contributed by atoms with Gasteiger partial charge in [0.25, 0.3) is 0 Å². The van der Waals surface area contributed by atoms with Crippen molar-refractivity contribution in [2.24, 2.45) is 0 Å². The molecule has 2 bridgehead atoms. The maximum absolute atomic E-state index is 13.4. The number of phenolic OH excluding ortho intramolecular Hbond substituents is 1. The van der Waals surface area contributed by atoms with Crippen LogP contribution in [-0.4, -0.2) is 44.5 Å². The van der Waals surface area contributed by atoms with Crippen molar-refractivity contribution in [3.05, 3.63) is 54.4 Å². The summed E-state index contributed by atoms with van der Waals surface area (Å²) >= 11 is 0. The van der Waals surface area contributed by atoms with Crippen molar-refractivity contribution < 1.29 is 13.9 Å². The van der Waals surface area contributed by atoms with Crippen LogP contribution in [0.3, 0.4) is 0 Å². The molecule has 2 aliphatic heterocycles. The quantitative estimate of drug-likeness (QED) is 0.561. The lowest BCUT2D eigenvalue weighted by molar-refractivity contribution is 0.207. The van der Waals surface area contributed by atoms with E-state index in [0.717, 1.165) is 30.8 Å². The van der Waals surface area contributed by atoms with Gasteiger partial charge in [0.2, 0.25) is 11.9 Å². The number of benzene rings is 1. The van der Waals surface area contributed by atoms with Gasteiger partial charge in [-0.3, -0.25) is 0 Å². The zero-order valence-electron chi connectivity index (χ0n) is 18.9. The summed E-state index contributed by atoms with van der Waals surface area (Å²) < 4.78 is 26.9. The first-order valence-corrected chi connectivity index (χ1v) is 11.2. The number of halogens is 2. The molecule has 3 aromatic rings. The summed E-state index contributed by atoms with van der Waals surface area (Å²) in [5.74, 6) is -1.08. The van der Waals surface area contributed by atoms with Crippen LogP contribution in [0.15, 0.2) is 42.5 Å². The number of aromatic nitrogens is 3. The predicted molar refractivity (Wildman–Crippen MR) is 123 cm³/mol. The van der Waals surface area contributed by atoms with E-state index in [0.29, 0.717) is 28.4 Å². The predicted octanol–water partition coefficient (Wildman–Crippen LogP) is 4.69. The van der Waals surface area contributed by atoms with Crippen molar-refractivity contribution in [3.63, 3.8) is 0 Å². The SMILES string of the molecule is CN(c1ccc(-c2ccc(-c3cc(F)nc(F)c3)cc2O)nn1)[C@H]1C[C@]2(C)CC[C@](C)(C1)N2. The average Bonchev–Trinajstić information content (AvgIpc) is 2.99. The first kappa shape index (κ1) is 21.7. The fourth-order valence-electron chi connectivity index (χ4n) is 5.50. The topological polar surface area (TPSA) is 74.2 Å². The maximum atomic E-state index is 13.4. The molecule has 2 aliphatic rings. The summed E-state index contributed by atoms with van der Waals surface area (Å²) in [5.41, 5.74) is 2.11. The van der Waals surface area contributed by atoms with Crippen molar-refractivity contribution in [2.45, 2.75) is 56.7 Å². The van der Waals surface area contributed by atoms with Crippen LogP contribution in [0.2, 0.25) is 0 Å². The smallest absolute Gasteiger partial charge is 0.216 e. The third-order valence-corrected chi connectivity index (χ3v) is 7.13. The fraction of sp³-hybridized carbons (Fsp3) is 0.400. The first-order chi connectivity index (χ1) is 15.6. The summed E-state index contributed by atoms with van der Waals surface area (Å²) in [6.07, 6.45) is 4.49. The van der Waals surface area contributed by atoms with Gasteiger partial charge in [-0.1, -0.05) is 6.07 Å². The third kappa shape index (κ3) is 4.15. The number of phenols is 1. The Morgan fingerprint density at radius 1 is 0.939 bits per heavy atom. The number of hydrogen-bond donors (Lipinski definition) is 2. The number of pyridine rings is 1. The molecule has 0 amide bonds. The Hall–Kier alpha value is -3.13. The lowest BCUT2D eigenvalue weighted by atomic mass is 9.84. The van der Waals surface area contributed by atoms with Crippen LogP contribution in [0.1, 0.15) is 39.5 Å². The van der Waals surface area contributed by atoms with Gasteiger partial charge in [-0.25, -0.2) is 0 Å². The van der Waals surface area contributed by atoms with E-state index in [4.69, 9.17) is 0 Å². The van der Waals surface area contributed by atoms with E-state index in [9.17, 15) is 13.9 Å². The molecule has 0 unspecified atom stereocenters. The number of piperidine rings is 1. The molecule has 5 rings (SSSR count). The Labute approximate surface area is 191 Å². The van der Waals surface area contributed by atoms with Crippen LogP contribution < -0.4 is 10.2 Å². The van der Waals surface area contributed by atoms with E-state index in [-0.39, 0.29) is 16.8 Å². The van der Waals surface area contributed by atoms with Crippen LogP contribution in [0.4, 0.5) is 14.6 Å². The average molecular weight is 452 g/mol. The number of hydrogen-bond acceptors (Lipinski definition) is 6. The Balaban J connectivity index is 1.36. The van der Waals surface area contributed by atoms with Crippen molar-refractivity contribution in [1.82, 2.24) is 20.5 Å². The van der Waals surface area contributed by atoms with Crippen molar-refractivity contribution >= 4 is 5.82 Å². The summed E-state index contributed by atoms with van der Waals surface area (Å²) in [6.45, 7) is 4.60. The number of nitrogens with one attached hydrogen (secondary N) is 1. The van der Waals surface area contributed by atoms with Gasteiger partial charge in [0, 0.05) is 41.9 Å². The van der Waals surface area contributed by atoms with Gasteiger partial charge in [0.05, 0.1) is 5.69 Å². The molecule has 33 heavy (non-hydrogen) atoms. The van der Waals surface area contributed by atoms with Gasteiger partial charge < -0.3 is 15.3 Å². The summed E-state index contributed by atoms with van der Waals surface area (Å²) in [7, 11) is 2.06.